The highest BCUT2D eigenvalue weighted by atomic mass is 19.3. The lowest BCUT2D eigenvalue weighted by molar-refractivity contribution is 0.104. The van der Waals surface area contributed by atoms with Gasteiger partial charge in [0.15, 0.2) is 5.78 Å². The number of carbonyl (C=O) groups is 1. The fourth-order valence-electron chi connectivity index (χ4n) is 1.89. The molecule has 9 heteroatoms. The first-order chi connectivity index (χ1) is 13.3. The molecule has 0 saturated heterocycles. The van der Waals surface area contributed by atoms with Crippen molar-refractivity contribution in [2.75, 3.05) is 0 Å². The van der Waals surface area contributed by atoms with E-state index >= 15 is 0 Å². The molecule has 0 unspecified atom stereocenters. The van der Waals surface area contributed by atoms with Gasteiger partial charge >= 0.3 is 24.2 Å². The van der Waals surface area contributed by atoms with Crippen molar-refractivity contribution in [2.24, 2.45) is 0 Å². The first kappa shape index (κ1) is 20.8. The van der Waals surface area contributed by atoms with Crippen LogP contribution < -0.4 is 9.47 Å². The Morgan fingerprint density at radius 3 is 1.54 bits per heavy atom. The van der Waals surface area contributed by atoms with Crippen LogP contribution in [-0.4, -0.2) is 5.78 Å². The van der Waals surface area contributed by atoms with Crippen molar-refractivity contribution in [1.29, 1.82) is 0 Å². The summed E-state index contributed by atoms with van der Waals surface area (Å²) in [5, 5.41) is 0. The number of benzene rings is 2. The second-order valence-electron chi connectivity index (χ2n) is 5.06. The maximum Gasteiger partial charge on any atom is 0.344 e. The van der Waals surface area contributed by atoms with E-state index < -0.39 is 30.0 Å². The molecule has 0 aliphatic heterocycles. The van der Waals surface area contributed by atoms with Crippen LogP contribution in [-0.2, 0) is 0 Å². The van der Waals surface area contributed by atoms with Crippen LogP contribution in [0.15, 0.2) is 78.8 Å². The molecule has 0 aliphatic rings. The van der Waals surface area contributed by atoms with Gasteiger partial charge in [-0.15, -0.1) is 0 Å². The van der Waals surface area contributed by atoms with Crippen molar-refractivity contribution in [3.63, 3.8) is 0 Å². The molecule has 0 atom stereocenters. The van der Waals surface area contributed by atoms with Gasteiger partial charge in [-0.25, -0.2) is 0 Å². The Labute approximate surface area is 154 Å². The van der Waals surface area contributed by atoms with E-state index in [1.807, 2.05) is 0 Å². The van der Waals surface area contributed by atoms with E-state index in [9.17, 15) is 31.1 Å². The lowest BCUT2D eigenvalue weighted by Gasteiger charge is -2.03. The van der Waals surface area contributed by atoms with E-state index in [4.69, 9.17) is 0 Å². The van der Waals surface area contributed by atoms with E-state index in [2.05, 4.69) is 9.47 Å². The van der Waals surface area contributed by atoms with Crippen molar-refractivity contribution in [3.8, 4) is 11.5 Å². The van der Waals surface area contributed by atoms with Crippen LogP contribution in [0.5, 0.6) is 11.5 Å². The highest BCUT2D eigenvalue weighted by Gasteiger charge is 2.09. The summed E-state index contributed by atoms with van der Waals surface area (Å²) in [7, 11) is 0. The molecule has 2 rings (SSSR count). The monoisotopic (exact) mass is 400 g/mol. The standard InChI is InChI=1S/C19H10F6O3/c20-16(21)18(24)27-13-6-1-11(2-7-13)3-10-15(26)12-4-8-14(9-5-12)28-19(25)17(22)23/h1-10H/b10-3-. The van der Waals surface area contributed by atoms with Crippen molar-refractivity contribution in [3.05, 3.63) is 89.9 Å². The van der Waals surface area contributed by atoms with Gasteiger partial charge in [0.25, 0.3) is 0 Å². The van der Waals surface area contributed by atoms with Crippen LogP contribution in [0.1, 0.15) is 15.9 Å². The Hall–Kier alpha value is -3.49. The minimum absolute atomic E-state index is 0.157. The molecule has 0 fully saturated rings. The summed E-state index contributed by atoms with van der Waals surface area (Å²) in [6.07, 6.45) is -2.60. The molecular formula is C19H10F6O3. The molecule has 0 amide bonds. The van der Waals surface area contributed by atoms with Gasteiger partial charge in [-0.05, 0) is 48.0 Å². The van der Waals surface area contributed by atoms with E-state index in [0.29, 0.717) is 5.56 Å². The molecule has 3 nitrogen and oxygen atoms in total. The summed E-state index contributed by atoms with van der Waals surface area (Å²) in [6.45, 7) is 0. The molecule has 0 saturated carbocycles. The minimum Gasteiger partial charge on any atom is -0.428 e. The number of hydrogen-bond donors (Lipinski definition) is 0. The predicted molar refractivity (Wildman–Crippen MR) is 88.2 cm³/mol. The Morgan fingerprint density at radius 1 is 0.679 bits per heavy atom. The summed E-state index contributed by atoms with van der Waals surface area (Å²) in [5.74, 6) is -0.823. The molecule has 0 spiro atoms. The normalized spacial score (nSPS) is 10.5. The van der Waals surface area contributed by atoms with Gasteiger partial charge in [0.1, 0.15) is 11.5 Å². The number of hydrogen-bond acceptors (Lipinski definition) is 3. The van der Waals surface area contributed by atoms with Crippen molar-refractivity contribution in [1.82, 2.24) is 0 Å². The first-order valence-corrected chi connectivity index (χ1v) is 7.46. The van der Waals surface area contributed by atoms with Gasteiger partial charge in [-0.1, -0.05) is 18.2 Å². The minimum atomic E-state index is -2.60. The third kappa shape index (κ3) is 6.04. The summed E-state index contributed by atoms with van der Waals surface area (Å²) in [4.78, 5) is 12.1. The summed E-state index contributed by atoms with van der Waals surface area (Å²) >= 11 is 0. The predicted octanol–water partition coefficient (Wildman–Crippen LogP) is 6.41. The zero-order valence-corrected chi connectivity index (χ0v) is 13.8. The van der Waals surface area contributed by atoms with Crippen LogP contribution >= 0.6 is 0 Å². The number of ketones is 1. The van der Waals surface area contributed by atoms with Gasteiger partial charge in [-0.2, -0.15) is 26.3 Å². The van der Waals surface area contributed by atoms with E-state index in [1.165, 1.54) is 48.6 Å². The number of ether oxygens (including phenoxy) is 2. The van der Waals surface area contributed by atoms with Gasteiger partial charge < -0.3 is 9.47 Å². The Kier molecular flexibility index (Phi) is 7.02. The largest absolute Gasteiger partial charge is 0.428 e. The lowest BCUT2D eigenvalue weighted by Crippen LogP contribution is -1.95. The number of halogens is 6. The Balaban J connectivity index is 2.01. The third-order valence-corrected chi connectivity index (χ3v) is 3.16. The van der Waals surface area contributed by atoms with E-state index in [1.54, 1.807) is 0 Å². The van der Waals surface area contributed by atoms with Crippen LogP contribution in [0, 0.1) is 0 Å². The fourth-order valence-corrected chi connectivity index (χ4v) is 1.89. The van der Waals surface area contributed by atoms with Gasteiger partial charge in [0, 0.05) is 5.56 Å². The van der Waals surface area contributed by atoms with E-state index in [0.717, 1.165) is 12.1 Å². The topological polar surface area (TPSA) is 35.5 Å². The maximum absolute atomic E-state index is 12.7. The molecule has 0 N–H and O–H groups in total. The number of rotatable bonds is 7. The molecule has 0 aromatic heterocycles. The second kappa shape index (κ2) is 9.45. The van der Waals surface area contributed by atoms with Crippen LogP contribution in [0.2, 0.25) is 0 Å². The first-order valence-electron chi connectivity index (χ1n) is 7.46. The molecular weight excluding hydrogens is 390 g/mol. The van der Waals surface area contributed by atoms with Gasteiger partial charge in [0.05, 0.1) is 0 Å². The molecule has 0 aliphatic carbocycles. The summed E-state index contributed by atoms with van der Waals surface area (Å²) in [5.41, 5.74) is 0.677. The highest BCUT2D eigenvalue weighted by molar-refractivity contribution is 6.06. The molecule has 146 valence electrons. The fraction of sp³-hybridized carbons (Fsp3) is 0. The zero-order chi connectivity index (χ0) is 20.7. The van der Waals surface area contributed by atoms with E-state index in [-0.39, 0.29) is 17.1 Å². The average molecular weight is 400 g/mol. The Morgan fingerprint density at radius 2 is 1.11 bits per heavy atom. The number of allylic oxidation sites excluding steroid dienone is 1. The molecule has 0 radical (unpaired) electrons. The average Bonchev–Trinajstić information content (AvgIpc) is 2.67. The lowest BCUT2D eigenvalue weighted by atomic mass is 10.1. The third-order valence-electron chi connectivity index (χ3n) is 3.16. The van der Waals surface area contributed by atoms with Crippen molar-refractivity contribution >= 4 is 11.9 Å². The summed E-state index contributed by atoms with van der Waals surface area (Å²) < 4.78 is 81.7. The SMILES string of the molecule is O=C(/C=C\c1ccc(OC(F)=C(F)F)cc1)c1ccc(OC(F)=C(F)F)cc1. The quantitative estimate of drug-likeness (QED) is 0.233. The van der Waals surface area contributed by atoms with Crippen molar-refractivity contribution < 1.29 is 40.6 Å². The molecule has 0 bridgehead atoms. The smallest absolute Gasteiger partial charge is 0.344 e. The molecule has 2 aromatic rings. The van der Waals surface area contributed by atoms with Crippen molar-refractivity contribution in [2.45, 2.75) is 0 Å². The second-order valence-corrected chi connectivity index (χ2v) is 5.06. The zero-order valence-electron chi connectivity index (χ0n) is 13.8. The Bertz CT molecular complexity index is 923. The maximum atomic E-state index is 12.7. The number of carbonyl (C=O) groups excluding carboxylic acids is 1. The highest BCUT2D eigenvalue weighted by Crippen LogP contribution is 2.21. The molecule has 0 heterocycles. The summed E-state index contributed by atoms with van der Waals surface area (Å²) in [6, 6.07) is 6.01. The molecule has 28 heavy (non-hydrogen) atoms. The molecule has 2 aromatic carbocycles. The van der Waals surface area contributed by atoms with Crippen LogP contribution in [0.25, 0.3) is 6.08 Å². The van der Waals surface area contributed by atoms with Crippen LogP contribution in [0.4, 0.5) is 26.3 Å². The van der Waals surface area contributed by atoms with Gasteiger partial charge in [0.2, 0.25) is 0 Å². The van der Waals surface area contributed by atoms with Crippen LogP contribution in [0.3, 0.4) is 0 Å². The van der Waals surface area contributed by atoms with Gasteiger partial charge in [-0.3, -0.25) is 4.79 Å².